The van der Waals surface area contributed by atoms with Gasteiger partial charge in [-0.15, -0.1) is 0 Å². The molecule has 116 valence electrons. The molecule has 0 spiro atoms. The molecule has 8 heteroatoms. The number of hydrogen-bond acceptors (Lipinski definition) is 4. The van der Waals surface area contributed by atoms with Crippen LogP contribution in [0.2, 0.25) is 0 Å². The van der Waals surface area contributed by atoms with E-state index in [2.05, 4.69) is 0 Å². The molecule has 2 rings (SSSR count). The molecule has 1 unspecified atom stereocenters. The van der Waals surface area contributed by atoms with Gasteiger partial charge in [0, 0.05) is 18.7 Å². The van der Waals surface area contributed by atoms with E-state index in [1.54, 1.807) is 0 Å². The topological polar surface area (TPSA) is 80.5 Å². The number of benzene rings is 1. The predicted molar refractivity (Wildman–Crippen MR) is 75.0 cm³/mol. The van der Waals surface area contributed by atoms with Crippen LogP contribution in [0.3, 0.4) is 0 Å². The zero-order chi connectivity index (χ0) is 15.8. The van der Waals surface area contributed by atoms with Crippen molar-refractivity contribution in [1.29, 1.82) is 0 Å². The number of nitrogens with zero attached hydrogens (tertiary/aromatic N) is 2. The Hall–Kier alpha value is -1.54. The van der Waals surface area contributed by atoms with Crippen LogP contribution in [0.1, 0.15) is 31.7 Å². The van der Waals surface area contributed by atoms with E-state index in [-0.39, 0.29) is 16.5 Å². The maximum absolute atomic E-state index is 13.7. The first kappa shape index (κ1) is 15.8. The van der Waals surface area contributed by atoms with Crippen LogP contribution in [0, 0.1) is 22.9 Å². The molecule has 6 nitrogen and oxygen atoms in total. The summed E-state index contributed by atoms with van der Waals surface area (Å²) in [5.41, 5.74) is -0.851. The van der Waals surface area contributed by atoms with Crippen molar-refractivity contribution >= 4 is 15.7 Å². The highest BCUT2D eigenvalue weighted by Gasteiger charge is 2.35. The zero-order valence-corrected chi connectivity index (χ0v) is 12.7. The van der Waals surface area contributed by atoms with Crippen LogP contribution in [0.15, 0.2) is 17.0 Å². The monoisotopic (exact) mass is 316 g/mol. The average Bonchev–Trinajstić information content (AvgIpc) is 2.90. The van der Waals surface area contributed by atoms with Gasteiger partial charge in [0.2, 0.25) is 15.8 Å². The molecule has 1 aromatic rings. The van der Waals surface area contributed by atoms with Crippen molar-refractivity contribution < 1.29 is 17.7 Å². The summed E-state index contributed by atoms with van der Waals surface area (Å²) in [6.07, 6.45) is 2.22. The molecular formula is C13H17FN2O4S. The van der Waals surface area contributed by atoms with E-state index in [9.17, 15) is 22.9 Å². The zero-order valence-electron chi connectivity index (χ0n) is 11.9. The fourth-order valence-corrected chi connectivity index (χ4v) is 4.54. The van der Waals surface area contributed by atoms with Crippen LogP contribution < -0.4 is 0 Å². The van der Waals surface area contributed by atoms with Crippen LogP contribution in [0.25, 0.3) is 0 Å². The number of nitro benzene ring substituents is 1. The molecule has 1 fully saturated rings. The minimum Gasteiger partial charge on any atom is -0.258 e. The second-order valence-corrected chi connectivity index (χ2v) is 7.04. The highest BCUT2D eigenvalue weighted by atomic mass is 32.2. The molecule has 0 aliphatic carbocycles. The fraction of sp³-hybridized carbons (Fsp3) is 0.538. The smallest absolute Gasteiger partial charge is 0.258 e. The van der Waals surface area contributed by atoms with Gasteiger partial charge in [0.05, 0.1) is 9.82 Å². The Balaban J connectivity index is 2.53. The van der Waals surface area contributed by atoms with Crippen LogP contribution in [-0.4, -0.2) is 30.2 Å². The fourth-order valence-electron chi connectivity index (χ4n) is 2.67. The summed E-state index contributed by atoms with van der Waals surface area (Å²) in [4.78, 5) is 9.74. The molecule has 0 amide bonds. The number of hydrogen-bond donors (Lipinski definition) is 0. The summed E-state index contributed by atoms with van der Waals surface area (Å²) in [5.74, 6) is -0.993. The van der Waals surface area contributed by atoms with Gasteiger partial charge < -0.3 is 0 Å². The Bertz CT molecular complexity index is 675. The van der Waals surface area contributed by atoms with Crippen LogP contribution in [0.4, 0.5) is 10.1 Å². The minimum absolute atomic E-state index is 0.0463. The van der Waals surface area contributed by atoms with E-state index in [1.807, 2.05) is 6.92 Å². The lowest BCUT2D eigenvalue weighted by atomic mass is 10.2. The van der Waals surface area contributed by atoms with E-state index >= 15 is 0 Å². The Morgan fingerprint density at radius 1 is 1.48 bits per heavy atom. The van der Waals surface area contributed by atoms with Gasteiger partial charge in [0.15, 0.2) is 0 Å². The van der Waals surface area contributed by atoms with Gasteiger partial charge in [0.1, 0.15) is 0 Å². The van der Waals surface area contributed by atoms with Gasteiger partial charge >= 0.3 is 5.69 Å². The van der Waals surface area contributed by atoms with E-state index in [1.165, 1.54) is 11.2 Å². The second-order valence-electron chi connectivity index (χ2n) is 5.15. The summed E-state index contributed by atoms with van der Waals surface area (Å²) < 4.78 is 40.3. The summed E-state index contributed by atoms with van der Waals surface area (Å²) in [6.45, 7) is 3.62. The maximum atomic E-state index is 13.7. The Labute approximate surface area is 122 Å². The standard InChI is InChI=1S/C13H17FN2O4S/c1-3-10-5-4-6-15(10)21(19,20)11-7-9(2)13(14)12(8-11)16(17)18/h7-8,10H,3-6H2,1-2H3. The molecule has 1 heterocycles. The van der Waals surface area contributed by atoms with E-state index in [4.69, 9.17) is 0 Å². The summed E-state index contributed by atoms with van der Waals surface area (Å²) >= 11 is 0. The molecule has 1 saturated heterocycles. The lowest BCUT2D eigenvalue weighted by Gasteiger charge is -2.23. The highest BCUT2D eigenvalue weighted by Crippen LogP contribution is 2.31. The number of rotatable bonds is 4. The normalized spacial score (nSPS) is 19.9. The molecule has 0 aromatic heterocycles. The molecule has 1 aliphatic rings. The first-order valence-corrected chi connectivity index (χ1v) is 8.19. The summed E-state index contributed by atoms with van der Waals surface area (Å²) in [7, 11) is -3.83. The maximum Gasteiger partial charge on any atom is 0.306 e. The first-order valence-electron chi connectivity index (χ1n) is 6.75. The summed E-state index contributed by atoms with van der Waals surface area (Å²) in [6, 6.07) is 1.87. The van der Waals surface area contributed by atoms with Gasteiger partial charge in [-0.1, -0.05) is 6.92 Å². The third-order valence-corrected chi connectivity index (χ3v) is 5.74. The van der Waals surface area contributed by atoms with Crippen molar-refractivity contribution in [2.45, 2.75) is 44.0 Å². The third-order valence-electron chi connectivity index (χ3n) is 3.81. The quantitative estimate of drug-likeness (QED) is 0.631. The molecule has 0 saturated carbocycles. The molecule has 0 N–H and O–H groups in total. The van der Waals surface area contributed by atoms with Gasteiger partial charge in [-0.2, -0.15) is 8.70 Å². The number of sulfonamides is 1. The molecule has 1 aliphatic heterocycles. The van der Waals surface area contributed by atoms with E-state index < -0.39 is 26.5 Å². The Kier molecular flexibility index (Phi) is 4.29. The van der Waals surface area contributed by atoms with E-state index in [0.717, 1.165) is 25.0 Å². The predicted octanol–water partition coefficient (Wildman–Crippen LogP) is 2.61. The molecule has 1 atom stereocenters. The van der Waals surface area contributed by atoms with Crippen molar-refractivity contribution in [2.75, 3.05) is 6.54 Å². The van der Waals surface area contributed by atoms with Crippen LogP contribution in [-0.2, 0) is 10.0 Å². The number of aryl methyl sites for hydroxylation is 1. The van der Waals surface area contributed by atoms with Crippen molar-refractivity contribution in [3.05, 3.63) is 33.6 Å². The van der Waals surface area contributed by atoms with Crippen molar-refractivity contribution in [2.24, 2.45) is 0 Å². The Morgan fingerprint density at radius 3 is 2.71 bits per heavy atom. The van der Waals surface area contributed by atoms with Gasteiger partial charge in [-0.25, -0.2) is 8.42 Å². The average molecular weight is 316 g/mol. The van der Waals surface area contributed by atoms with Crippen LogP contribution in [0.5, 0.6) is 0 Å². The largest absolute Gasteiger partial charge is 0.306 e. The van der Waals surface area contributed by atoms with Gasteiger partial charge in [-0.05, 0) is 37.8 Å². The number of halogens is 1. The van der Waals surface area contributed by atoms with Gasteiger partial charge in [0.25, 0.3) is 0 Å². The van der Waals surface area contributed by atoms with Crippen LogP contribution >= 0.6 is 0 Å². The van der Waals surface area contributed by atoms with Crippen molar-refractivity contribution in [3.63, 3.8) is 0 Å². The third kappa shape index (κ3) is 2.77. The minimum atomic E-state index is -3.83. The highest BCUT2D eigenvalue weighted by molar-refractivity contribution is 7.89. The Morgan fingerprint density at radius 2 is 2.14 bits per heavy atom. The second kappa shape index (κ2) is 5.69. The van der Waals surface area contributed by atoms with E-state index in [0.29, 0.717) is 13.0 Å². The van der Waals surface area contributed by atoms with Crippen molar-refractivity contribution in [1.82, 2.24) is 4.31 Å². The number of nitro groups is 1. The SMILES string of the molecule is CCC1CCCN1S(=O)(=O)c1cc(C)c(F)c([N+](=O)[O-])c1. The van der Waals surface area contributed by atoms with Crippen molar-refractivity contribution in [3.8, 4) is 0 Å². The molecule has 21 heavy (non-hydrogen) atoms. The molecule has 0 bridgehead atoms. The van der Waals surface area contributed by atoms with Gasteiger partial charge in [-0.3, -0.25) is 10.1 Å². The first-order chi connectivity index (χ1) is 9.78. The lowest BCUT2D eigenvalue weighted by Crippen LogP contribution is -2.35. The lowest BCUT2D eigenvalue weighted by molar-refractivity contribution is -0.387. The summed E-state index contributed by atoms with van der Waals surface area (Å²) in [5, 5.41) is 10.9. The molecular weight excluding hydrogens is 299 g/mol. The molecule has 1 aromatic carbocycles. The molecule has 0 radical (unpaired) electrons.